The molecular formula is C51H31N3OS. The molecule has 0 saturated heterocycles. The molecule has 0 unspecified atom stereocenters. The van der Waals surface area contributed by atoms with E-state index in [-0.39, 0.29) is 0 Å². The number of rotatable bonds is 6. The SMILES string of the molecule is c1ccc(-c2cc(-c3ccc(-c4ccc(-c5ccc6c(c5)sc5ccccc56)c5c4oc4ccccc45)cc3)nc(-c3ccccc3-c3ccccn3)n2)cc1. The minimum atomic E-state index is 0.653. The third kappa shape index (κ3) is 5.48. The highest BCUT2D eigenvalue weighted by molar-refractivity contribution is 7.25. The summed E-state index contributed by atoms with van der Waals surface area (Å²) in [7, 11) is 0. The van der Waals surface area contributed by atoms with Crippen molar-refractivity contribution in [1.29, 1.82) is 0 Å². The minimum Gasteiger partial charge on any atom is -0.455 e. The van der Waals surface area contributed by atoms with Crippen LogP contribution >= 0.6 is 11.3 Å². The van der Waals surface area contributed by atoms with Gasteiger partial charge in [-0.3, -0.25) is 4.98 Å². The maximum absolute atomic E-state index is 6.70. The first kappa shape index (κ1) is 32.2. The Hall–Kier alpha value is -7.21. The van der Waals surface area contributed by atoms with E-state index in [1.807, 2.05) is 72.1 Å². The molecule has 4 nitrogen and oxygen atoms in total. The molecule has 0 aliphatic heterocycles. The maximum Gasteiger partial charge on any atom is 0.161 e. The Balaban J connectivity index is 1.03. The van der Waals surface area contributed by atoms with Crippen LogP contribution in [0.1, 0.15) is 0 Å². The second-order valence-corrected chi connectivity index (χ2v) is 15.0. The van der Waals surface area contributed by atoms with Gasteiger partial charge in [-0.25, -0.2) is 9.97 Å². The van der Waals surface area contributed by atoms with Crippen LogP contribution in [-0.4, -0.2) is 15.0 Å². The molecule has 5 heteroatoms. The zero-order chi connectivity index (χ0) is 37.0. The van der Waals surface area contributed by atoms with Gasteiger partial charge in [0.1, 0.15) is 11.2 Å². The normalized spacial score (nSPS) is 11.6. The van der Waals surface area contributed by atoms with E-state index in [0.717, 1.165) is 78.0 Å². The van der Waals surface area contributed by atoms with Crippen LogP contribution in [0.15, 0.2) is 193 Å². The lowest BCUT2D eigenvalue weighted by Gasteiger charge is -2.13. The number of para-hydroxylation sites is 1. The lowest BCUT2D eigenvalue weighted by Crippen LogP contribution is -1.98. The number of pyridine rings is 1. The predicted molar refractivity (Wildman–Crippen MR) is 233 cm³/mol. The number of nitrogens with zero attached hydrogens (tertiary/aromatic N) is 3. The second-order valence-electron chi connectivity index (χ2n) is 13.9. The van der Waals surface area contributed by atoms with Crippen molar-refractivity contribution in [3.05, 3.63) is 188 Å². The molecule has 0 aliphatic rings. The first-order valence-electron chi connectivity index (χ1n) is 18.7. The summed E-state index contributed by atoms with van der Waals surface area (Å²) in [4.78, 5) is 15.0. The van der Waals surface area contributed by atoms with Crippen molar-refractivity contribution in [2.24, 2.45) is 0 Å². The summed E-state index contributed by atoms with van der Waals surface area (Å²) in [6.07, 6.45) is 1.82. The number of benzene rings is 7. The molecule has 0 saturated carbocycles. The van der Waals surface area contributed by atoms with Gasteiger partial charge in [0.25, 0.3) is 0 Å². The number of thiophene rings is 1. The zero-order valence-corrected chi connectivity index (χ0v) is 30.9. The Morgan fingerprint density at radius 3 is 1.86 bits per heavy atom. The summed E-state index contributed by atoms with van der Waals surface area (Å²) in [6.45, 7) is 0. The first-order chi connectivity index (χ1) is 27.7. The van der Waals surface area contributed by atoms with Crippen LogP contribution in [0.2, 0.25) is 0 Å². The minimum absolute atomic E-state index is 0.653. The van der Waals surface area contributed by atoms with Gasteiger partial charge in [-0.05, 0) is 59.2 Å². The Labute approximate surface area is 327 Å². The summed E-state index contributed by atoms with van der Waals surface area (Å²) < 4.78 is 9.30. The van der Waals surface area contributed by atoms with Crippen molar-refractivity contribution in [3.63, 3.8) is 0 Å². The predicted octanol–water partition coefficient (Wildman–Crippen LogP) is 14.1. The van der Waals surface area contributed by atoms with Crippen LogP contribution in [-0.2, 0) is 0 Å². The van der Waals surface area contributed by atoms with E-state index < -0.39 is 0 Å². The van der Waals surface area contributed by atoms with E-state index >= 15 is 0 Å². The van der Waals surface area contributed by atoms with Gasteiger partial charge in [-0.2, -0.15) is 0 Å². The summed E-state index contributed by atoms with van der Waals surface area (Å²) in [5, 5.41) is 4.84. The van der Waals surface area contributed by atoms with Gasteiger partial charge < -0.3 is 4.42 Å². The number of furan rings is 1. The van der Waals surface area contributed by atoms with Crippen molar-refractivity contribution in [2.75, 3.05) is 0 Å². The highest BCUT2D eigenvalue weighted by Gasteiger charge is 2.19. The Morgan fingerprint density at radius 1 is 0.393 bits per heavy atom. The Bertz CT molecular complexity index is 3240. The maximum atomic E-state index is 6.70. The van der Waals surface area contributed by atoms with Crippen LogP contribution in [0.3, 0.4) is 0 Å². The van der Waals surface area contributed by atoms with E-state index in [9.17, 15) is 0 Å². The van der Waals surface area contributed by atoms with Gasteiger partial charge in [-0.1, -0.05) is 140 Å². The lowest BCUT2D eigenvalue weighted by atomic mass is 9.94. The smallest absolute Gasteiger partial charge is 0.161 e. The fraction of sp³-hybridized carbons (Fsp3) is 0. The third-order valence-electron chi connectivity index (χ3n) is 10.6. The van der Waals surface area contributed by atoms with Crippen molar-refractivity contribution in [1.82, 2.24) is 15.0 Å². The van der Waals surface area contributed by atoms with E-state index in [1.54, 1.807) is 0 Å². The van der Waals surface area contributed by atoms with Gasteiger partial charge in [0.15, 0.2) is 5.82 Å². The molecular weight excluding hydrogens is 703 g/mol. The first-order valence-corrected chi connectivity index (χ1v) is 19.5. The molecule has 0 fully saturated rings. The molecule has 262 valence electrons. The standard InChI is InChI=1S/C51H31N3OS/c1-2-12-33(13-3-1)44-31-45(54-51(53-44)41-16-5-4-14-38(41)43-18-10-11-29-52-43)34-23-21-32(22-24-34)37-28-27-36(49-42-17-6-8-19-46(42)55-50(37)49)35-25-26-40-39-15-7-9-20-47(39)56-48(40)30-35/h1-31H. The zero-order valence-electron chi connectivity index (χ0n) is 30.1. The van der Waals surface area contributed by atoms with Gasteiger partial charge in [-0.15, -0.1) is 11.3 Å². The van der Waals surface area contributed by atoms with E-state index in [4.69, 9.17) is 14.4 Å². The summed E-state index contributed by atoms with van der Waals surface area (Å²) >= 11 is 1.84. The van der Waals surface area contributed by atoms with Crippen LogP contribution in [0, 0.1) is 0 Å². The molecule has 0 bridgehead atoms. The fourth-order valence-corrected chi connectivity index (χ4v) is 9.05. The fourth-order valence-electron chi connectivity index (χ4n) is 7.91. The summed E-state index contributed by atoms with van der Waals surface area (Å²) in [5.74, 6) is 0.653. The second kappa shape index (κ2) is 13.3. The summed E-state index contributed by atoms with van der Waals surface area (Å²) in [6, 6.07) is 63.5. The van der Waals surface area contributed by atoms with Gasteiger partial charge >= 0.3 is 0 Å². The molecule has 0 atom stereocenters. The number of aromatic nitrogens is 3. The van der Waals surface area contributed by atoms with Gasteiger partial charge in [0.05, 0.1) is 17.1 Å². The van der Waals surface area contributed by atoms with Crippen molar-refractivity contribution in [2.45, 2.75) is 0 Å². The van der Waals surface area contributed by atoms with E-state index in [1.165, 1.54) is 25.7 Å². The molecule has 0 aliphatic carbocycles. The van der Waals surface area contributed by atoms with Gasteiger partial charge in [0.2, 0.25) is 0 Å². The average Bonchev–Trinajstić information content (AvgIpc) is 3.85. The summed E-state index contributed by atoms with van der Waals surface area (Å²) in [5.41, 5.74) is 12.8. The number of hydrogen-bond acceptors (Lipinski definition) is 5. The van der Waals surface area contributed by atoms with Crippen LogP contribution < -0.4 is 0 Å². The highest BCUT2D eigenvalue weighted by Crippen LogP contribution is 2.44. The molecule has 11 aromatic rings. The van der Waals surface area contributed by atoms with Crippen molar-refractivity contribution in [3.8, 4) is 67.4 Å². The molecule has 56 heavy (non-hydrogen) atoms. The molecule has 11 rings (SSSR count). The quantitative estimate of drug-likeness (QED) is 0.171. The van der Waals surface area contributed by atoms with Crippen LogP contribution in [0.25, 0.3) is 110 Å². The molecule has 7 aromatic carbocycles. The molecule has 0 spiro atoms. The molecule has 0 N–H and O–H groups in total. The molecule has 4 heterocycles. The average molecular weight is 734 g/mol. The van der Waals surface area contributed by atoms with Crippen LogP contribution in [0.5, 0.6) is 0 Å². The lowest BCUT2D eigenvalue weighted by molar-refractivity contribution is 0.670. The van der Waals surface area contributed by atoms with Crippen LogP contribution in [0.4, 0.5) is 0 Å². The number of hydrogen-bond donors (Lipinski definition) is 0. The van der Waals surface area contributed by atoms with E-state index in [2.05, 4.69) is 132 Å². The molecule has 0 amide bonds. The topological polar surface area (TPSA) is 51.8 Å². The third-order valence-corrected chi connectivity index (χ3v) is 11.7. The number of fused-ring (bicyclic) bond motifs is 6. The monoisotopic (exact) mass is 733 g/mol. The van der Waals surface area contributed by atoms with Crippen molar-refractivity contribution >= 4 is 53.4 Å². The largest absolute Gasteiger partial charge is 0.455 e. The molecule has 0 radical (unpaired) electrons. The van der Waals surface area contributed by atoms with E-state index in [0.29, 0.717) is 5.82 Å². The highest BCUT2D eigenvalue weighted by atomic mass is 32.1. The van der Waals surface area contributed by atoms with Gasteiger partial charge in [0, 0.05) is 65.0 Å². The Morgan fingerprint density at radius 2 is 1.04 bits per heavy atom. The Kier molecular flexibility index (Phi) is 7.64. The van der Waals surface area contributed by atoms with Crippen molar-refractivity contribution < 1.29 is 4.42 Å². The molecule has 4 aromatic heterocycles.